The topological polar surface area (TPSA) is 42.6 Å². The third-order valence-electron chi connectivity index (χ3n) is 15.2. The van der Waals surface area contributed by atoms with Crippen molar-refractivity contribution in [3.8, 4) is 0 Å². The smallest absolute Gasteiger partial charge is 0.147 e. The van der Waals surface area contributed by atoms with Crippen LogP contribution < -0.4 is 9.80 Å². The Hall–Kier alpha value is -9.26. The van der Waals surface area contributed by atoms with Crippen molar-refractivity contribution < 1.29 is 8.83 Å². The number of aryl methyl sites for hydroxylation is 2. The molecule has 72 heavy (non-hydrogen) atoms. The Labute approximate surface area is 414 Å². The molecule has 0 saturated heterocycles. The molecule has 342 valence electrons. The second kappa shape index (κ2) is 15.6. The van der Waals surface area contributed by atoms with Gasteiger partial charge in [-0.2, -0.15) is 0 Å². The summed E-state index contributed by atoms with van der Waals surface area (Å²) in [5, 5.41) is 13.7. The minimum Gasteiger partial charge on any atom is -0.456 e. The van der Waals surface area contributed by atoms with Crippen LogP contribution in [0, 0.1) is 0 Å². The highest BCUT2D eigenvalue weighted by Crippen LogP contribution is 2.45. The van der Waals surface area contributed by atoms with Gasteiger partial charge in [0.1, 0.15) is 22.3 Å². The number of furan rings is 2. The van der Waals surface area contributed by atoms with Gasteiger partial charge in [-0.25, -0.2) is 0 Å². The van der Waals surface area contributed by atoms with E-state index in [-0.39, 0.29) is 0 Å². The van der Waals surface area contributed by atoms with Gasteiger partial charge in [-0.3, -0.25) is 0 Å². The molecule has 0 unspecified atom stereocenters. The standard InChI is InChI=1S/C66H46N4O2/c1-3-67-58-21-13-11-19-51(58)54-39-49(27-30-60(54)67)69(45-15-7-5-8-16-45)47-25-23-41-35-56-53-29-32-62-65(66(53)72-63(56)37-43(41)33-47)57-36-42-24-26-48(34-44(42)38-64(57)71-62)70(46-17-9-6-10-18-46)50-28-31-61-55(40-50)52-20-12-14-22-59(52)68(61)4-2/h5-40H,3-4H2,1-2H3. The molecule has 0 saturated carbocycles. The number of hydrogen-bond acceptors (Lipinski definition) is 4. The minimum absolute atomic E-state index is 0.807. The van der Waals surface area contributed by atoms with E-state index in [1.807, 2.05) is 0 Å². The highest BCUT2D eigenvalue weighted by Gasteiger charge is 2.22. The molecule has 15 rings (SSSR count). The third kappa shape index (κ3) is 6.02. The lowest BCUT2D eigenvalue weighted by atomic mass is 10.0. The largest absolute Gasteiger partial charge is 0.456 e. The predicted molar refractivity (Wildman–Crippen MR) is 303 cm³/mol. The molecule has 6 nitrogen and oxygen atoms in total. The summed E-state index contributed by atoms with van der Waals surface area (Å²) in [4.78, 5) is 4.72. The number of fused-ring (bicyclic) bond motifs is 15. The van der Waals surface area contributed by atoms with E-state index in [2.05, 4.69) is 251 Å². The Balaban J connectivity index is 0.841. The Morgan fingerprint density at radius 1 is 0.306 bits per heavy atom. The zero-order valence-electron chi connectivity index (χ0n) is 39.8. The molecule has 0 radical (unpaired) electrons. The minimum atomic E-state index is 0.807. The Morgan fingerprint density at radius 2 is 0.764 bits per heavy atom. The molecule has 0 spiro atoms. The van der Waals surface area contributed by atoms with Crippen molar-refractivity contribution in [2.24, 2.45) is 0 Å². The summed E-state index contributed by atoms with van der Waals surface area (Å²) < 4.78 is 18.5. The van der Waals surface area contributed by atoms with Crippen LogP contribution in [-0.2, 0) is 13.1 Å². The van der Waals surface area contributed by atoms with E-state index in [0.717, 1.165) is 113 Å². The summed E-state index contributed by atoms with van der Waals surface area (Å²) >= 11 is 0. The fraction of sp³-hybridized carbons (Fsp3) is 0.0606. The van der Waals surface area contributed by atoms with Gasteiger partial charge in [0.25, 0.3) is 0 Å². The number of hydrogen-bond donors (Lipinski definition) is 0. The van der Waals surface area contributed by atoms with Crippen LogP contribution in [0.2, 0.25) is 0 Å². The van der Waals surface area contributed by atoms with Crippen LogP contribution >= 0.6 is 0 Å². The van der Waals surface area contributed by atoms with Crippen molar-refractivity contribution in [2.45, 2.75) is 26.9 Å². The number of rotatable bonds is 8. The first-order valence-corrected chi connectivity index (χ1v) is 25.0. The first-order chi connectivity index (χ1) is 35.6. The number of para-hydroxylation sites is 4. The summed E-state index contributed by atoms with van der Waals surface area (Å²) in [6.07, 6.45) is 0. The normalized spacial score (nSPS) is 12.1. The van der Waals surface area contributed by atoms with Gasteiger partial charge in [-0.05, 0) is 169 Å². The van der Waals surface area contributed by atoms with Gasteiger partial charge >= 0.3 is 0 Å². The van der Waals surface area contributed by atoms with E-state index >= 15 is 0 Å². The van der Waals surface area contributed by atoms with Crippen LogP contribution in [0.5, 0.6) is 0 Å². The van der Waals surface area contributed by atoms with E-state index in [0.29, 0.717) is 0 Å². The average Bonchev–Trinajstić information content (AvgIpc) is 4.17. The quantitative estimate of drug-likeness (QED) is 0.152. The van der Waals surface area contributed by atoms with E-state index in [1.54, 1.807) is 0 Å². The molecule has 15 aromatic rings. The molecular weight excluding hydrogens is 881 g/mol. The SMILES string of the molecule is CCn1c2ccccc2c2cc(N(c3ccccc3)c3ccc4cc5c(cc4c3)oc3c5ccc4oc5cc6cc(N(c7ccccc7)c7ccc8c(c7)c7ccccc7n8CC)ccc6cc5c43)ccc21. The molecule has 6 heteroatoms. The predicted octanol–water partition coefficient (Wildman–Crippen LogP) is 19.0. The molecular formula is C66H46N4O2. The highest BCUT2D eigenvalue weighted by molar-refractivity contribution is 6.24. The Morgan fingerprint density at radius 3 is 1.31 bits per heavy atom. The van der Waals surface area contributed by atoms with Crippen LogP contribution in [0.4, 0.5) is 34.1 Å². The zero-order chi connectivity index (χ0) is 47.6. The molecule has 0 fully saturated rings. The number of anilines is 6. The monoisotopic (exact) mass is 926 g/mol. The summed E-state index contributed by atoms with van der Waals surface area (Å²) in [5.74, 6) is 0. The van der Waals surface area contributed by atoms with Crippen molar-refractivity contribution in [3.63, 3.8) is 0 Å². The van der Waals surface area contributed by atoms with Gasteiger partial charge in [0, 0.05) is 107 Å². The molecule has 11 aromatic carbocycles. The molecule has 0 aliphatic rings. The maximum Gasteiger partial charge on any atom is 0.147 e. The summed E-state index contributed by atoms with van der Waals surface area (Å²) in [6, 6.07) is 79.3. The van der Waals surface area contributed by atoms with Crippen molar-refractivity contribution in [1.82, 2.24) is 9.13 Å². The average molecular weight is 927 g/mol. The molecule has 0 bridgehead atoms. The first kappa shape index (κ1) is 40.6. The molecule has 4 heterocycles. The Kier molecular flexibility index (Phi) is 8.81. The van der Waals surface area contributed by atoms with Crippen LogP contribution in [0.1, 0.15) is 13.8 Å². The maximum atomic E-state index is 6.95. The second-order valence-corrected chi connectivity index (χ2v) is 19.0. The summed E-state index contributed by atoms with van der Waals surface area (Å²) in [7, 11) is 0. The number of nitrogens with zero attached hydrogens (tertiary/aromatic N) is 4. The van der Waals surface area contributed by atoms with Crippen molar-refractivity contribution in [3.05, 3.63) is 218 Å². The van der Waals surface area contributed by atoms with E-state index in [9.17, 15) is 0 Å². The van der Waals surface area contributed by atoms with E-state index in [4.69, 9.17) is 8.83 Å². The molecule has 0 aliphatic heterocycles. The van der Waals surface area contributed by atoms with Gasteiger partial charge in [0.15, 0.2) is 0 Å². The summed E-state index contributed by atoms with van der Waals surface area (Å²) in [6.45, 7) is 6.26. The van der Waals surface area contributed by atoms with Crippen molar-refractivity contribution in [2.75, 3.05) is 9.80 Å². The van der Waals surface area contributed by atoms with Crippen LogP contribution in [0.3, 0.4) is 0 Å². The van der Waals surface area contributed by atoms with Crippen LogP contribution in [0.25, 0.3) is 109 Å². The van der Waals surface area contributed by atoms with Crippen LogP contribution in [-0.4, -0.2) is 9.13 Å². The van der Waals surface area contributed by atoms with E-state index in [1.165, 1.54) is 43.6 Å². The lowest BCUT2D eigenvalue weighted by molar-refractivity contribution is 0.663. The first-order valence-electron chi connectivity index (χ1n) is 25.0. The molecule has 0 aliphatic carbocycles. The number of aromatic nitrogens is 2. The van der Waals surface area contributed by atoms with Gasteiger partial charge in [0.05, 0.1) is 5.39 Å². The number of benzene rings is 11. The van der Waals surface area contributed by atoms with Gasteiger partial charge in [0.2, 0.25) is 0 Å². The third-order valence-corrected chi connectivity index (χ3v) is 15.2. The van der Waals surface area contributed by atoms with Crippen LogP contribution in [0.15, 0.2) is 227 Å². The lowest BCUT2D eigenvalue weighted by Crippen LogP contribution is -2.09. The lowest BCUT2D eigenvalue weighted by Gasteiger charge is -2.26. The van der Waals surface area contributed by atoms with Gasteiger partial charge < -0.3 is 27.8 Å². The molecule has 0 amide bonds. The van der Waals surface area contributed by atoms with E-state index < -0.39 is 0 Å². The zero-order valence-corrected chi connectivity index (χ0v) is 39.8. The Bertz CT molecular complexity index is 4670. The summed E-state index contributed by atoms with van der Waals surface area (Å²) in [5.41, 5.74) is 14.9. The molecule has 0 N–H and O–H groups in total. The second-order valence-electron chi connectivity index (χ2n) is 19.0. The van der Waals surface area contributed by atoms with Gasteiger partial charge in [-0.1, -0.05) is 84.9 Å². The maximum absolute atomic E-state index is 6.95. The fourth-order valence-electron chi connectivity index (χ4n) is 11.9. The van der Waals surface area contributed by atoms with Crippen molar-refractivity contribution >= 4 is 143 Å². The van der Waals surface area contributed by atoms with Gasteiger partial charge in [-0.15, -0.1) is 0 Å². The highest BCUT2D eigenvalue weighted by atomic mass is 16.3. The molecule has 4 aromatic heterocycles. The van der Waals surface area contributed by atoms with Crippen molar-refractivity contribution in [1.29, 1.82) is 0 Å². The molecule has 0 atom stereocenters. The fourth-order valence-corrected chi connectivity index (χ4v) is 11.9.